The number of carbonyl (C=O) groups is 1. The molecule has 0 saturated carbocycles. The molecule has 1 aliphatic heterocycles. The van der Waals surface area contributed by atoms with E-state index in [9.17, 15) is 9.18 Å². The fourth-order valence-corrected chi connectivity index (χ4v) is 3.22. The smallest absolute Gasteiger partial charge is 0.254 e. The van der Waals surface area contributed by atoms with Crippen LogP contribution < -0.4 is 5.73 Å². The first-order valence-corrected chi connectivity index (χ1v) is 7.31. The number of nitrogens with zero attached hydrogens (tertiary/aromatic N) is 1. The minimum atomic E-state index is -0.299. The van der Waals surface area contributed by atoms with Gasteiger partial charge in [-0.15, -0.1) is 0 Å². The SMILES string of the molecule is CC1CCN(C(=O)c2ccc(F)c3ccccc23)C1CN. The van der Waals surface area contributed by atoms with E-state index < -0.39 is 0 Å². The Morgan fingerprint density at radius 1 is 1.29 bits per heavy atom. The molecule has 3 nitrogen and oxygen atoms in total. The Labute approximate surface area is 123 Å². The molecule has 1 aliphatic rings. The molecule has 110 valence electrons. The fourth-order valence-electron chi connectivity index (χ4n) is 3.22. The highest BCUT2D eigenvalue weighted by Gasteiger charge is 2.34. The highest BCUT2D eigenvalue weighted by atomic mass is 19.1. The van der Waals surface area contributed by atoms with Crippen LogP contribution in [-0.4, -0.2) is 29.9 Å². The lowest BCUT2D eigenvalue weighted by atomic mass is 10.0. The van der Waals surface area contributed by atoms with Gasteiger partial charge in [-0.3, -0.25) is 4.79 Å². The van der Waals surface area contributed by atoms with Gasteiger partial charge < -0.3 is 10.6 Å². The highest BCUT2D eigenvalue weighted by Crippen LogP contribution is 2.28. The number of rotatable bonds is 2. The predicted molar refractivity (Wildman–Crippen MR) is 81.6 cm³/mol. The summed E-state index contributed by atoms with van der Waals surface area (Å²) in [7, 11) is 0. The molecule has 0 spiro atoms. The standard InChI is InChI=1S/C17H19FN2O/c1-11-8-9-20(16(11)10-19)17(21)14-6-7-15(18)13-5-3-2-4-12(13)14/h2-7,11,16H,8-10,19H2,1H3. The Morgan fingerprint density at radius 2 is 2.00 bits per heavy atom. The molecule has 2 aromatic carbocycles. The lowest BCUT2D eigenvalue weighted by molar-refractivity contribution is 0.0729. The summed E-state index contributed by atoms with van der Waals surface area (Å²) >= 11 is 0. The molecule has 1 saturated heterocycles. The third-order valence-electron chi connectivity index (χ3n) is 4.49. The zero-order valence-electron chi connectivity index (χ0n) is 12.1. The van der Waals surface area contributed by atoms with Crippen LogP contribution in [0.5, 0.6) is 0 Å². The first kappa shape index (κ1) is 14.0. The third-order valence-corrected chi connectivity index (χ3v) is 4.49. The minimum Gasteiger partial charge on any atom is -0.334 e. The molecule has 2 aromatic rings. The second-order valence-electron chi connectivity index (χ2n) is 5.71. The molecule has 4 heteroatoms. The second-order valence-corrected chi connectivity index (χ2v) is 5.71. The Hall–Kier alpha value is -1.94. The average molecular weight is 286 g/mol. The van der Waals surface area contributed by atoms with E-state index in [-0.39, 0.29) is 17.8 Å². The number of likely N-dealkylation sites (tertiary alicyclic amines) is 1. The van der Waals surface area contributed by atoms with Crippen molar-refractivity contribution in [2.75, 3.05) is 13.1 Å². The maximum absolute atomic E-state index is 13.9. The van der Waals surface area contributed by atoms with E-state index in [1.807, 2.05) is 11.0 Å². The highest BCUT2D eigenvalue weighted by molar-refractivity contribution is 6.07. The van der Waals surface area contributed by atoms with Gasteiger partial charge in [-0.05, 0) is 29.9 Å². The van der Waals surface area contributed by atoms with E-state index in [2.05, 4.69) is 6.92 Å². The van der Waals surface area contributed by atoms with Crippen LogP contribution in [0.25, 0.3) is 10.8 Å². The van der Waals surface area contributed by atoms with Crippen LogP contribution in [-0.2, 0) is 0 Å². The first-order valence-electron chi connectivity index (χ1n) is 7.31. The molecule has 0 bridgehead atoms. The molecule has 0 aromatic heterocycles. The van der Waals surface area contributed by atoms with E-state index >= 15 is 0 Å². The summed E-state index contributed by atoms with van der Waals surface area (Å²) in [6.45, 7) is 3.30. The van der Waals surface area contributed by atoms with Crippen LogP contribution in [0.3, 0.4) is 0 Å². The monoisotopic (exact) mass is 286 g/mol. The van der Waals surface area contributed by atoms with Gasteiger partial charge in [0.15, 0.2) is 0 Å². The largest absolute Gasteiger partial charge is 0.334 e. The zero-order chi connectivity index (χ0) is 15.0. The van der Waals surface area contributed by atoms with Gasteiger partial charge in [0, 0.05) is 30.1 Å². The number of amides is 1. The second kappa shape index (κ2) is 5.45. The quantitative estimate of drug-likeness (QED) is 0.922. The van der Waals surface area contributed by atoms with Crippen molar-refractivity contribution in [2.45, 2.75) is 19.4 Å². The number of hydrogen-bond donors (Lipinski definition) is 1. The molecular formula is C17H19FN2O. The molecule has 1 amide bonds. The minimum absolute atomic E-state index is 0.0500. The van der Waals surface area contributed by atoms with Crippen molar-refractivity contribution in [3.63, 3.8) is 0 Å². The maximum Gasteiger partial charge on any atom is 0.254 e. The van der Waals surface area contributed by atoms with E-state index in [1.54, 1.807) is 24.3 Å². The van der Waals surface area contributed by atoms with E-state index in [0.717, 1.165) is 6.42 Å². The molecule has 0 aliphatic carbocycles. The number of benzene rings is 2. The molecule has 3 rings (SSSR count). The van der Waals surface area contributed by atoms with Gasteiger partial charge >= 0.3 is 0 Å². The number of halogens is 1. The number of hydrogen-bond acceptors (Lipinski definition) is 2. The van der Waals surface area contributed by atoms with Crippen molar-refractivity contribution in [3.05, 3.63) is 47.8 Å². The average Bonchev–Trinajstić information content (AvgIpc) is 2.88. The van der Waals surface area contributed by atoms with Crippen LogP contribution in [0.15, 0.2) is 36.4 Å². The van der Waals surface area contributed by atoms with Crippen LogP contribution in [0.2, 0.25) is 0 Å². The van der Waals surface area contributed by atoms with Crippen LogP contribution in [0.4, 0.5) is 4.39 Å². The van der Waals surface area contributed by atoms with Crippen LogP contribution in [0.1, 0.15) is 23.7 Å². The molecule has 1 heterocycles. The van der Waals surface area contributed by atoms with Gasteiger partial charge in [-0.1, -0.05) is 31.2 Å². The fraction of sp³-hybridized carbons (Fsp3) is 0.353. The Kier molecular flexibility index (Phi) is 3.64. The summed E-state index contributed by atoms with van der Waals surface area (Å²) in [6, 6.07) is 10.1. The van der Waals surface area contributed by atoms with Crippen molar-refractivity contribution >= 4 is 16.7 Å². The van der Waals surface area contributed by atoms with Crippen LogP contribution in [0, 0.1) is 11.7 Å². The summed E-state index contributed by atoms with van der Waals surface area (Å²) in [4.78, 5) is 14.7. The number of nitrogens with two attached hydrogens (primary N) is 1. The Balaban J connectivity index is 2.05. The Morgan fingerprint density at radius 3 is 2.71 bits per heavy atom. The predicted octanol–water partition coefficient (Wildman–Crippen LogP) is 2.79. The van der Waals surface area contributed by atoms with Crippen molar-refractivity contribution < 1.29 is 9.18 Å². The molecule has 0 radical (unpaired) electrons. The van der Waals surface area contributed by atoms with Crippen molar-refractivity contribution in [2.24, 2.45) is 11.7 Å². The lowest BCUT2D eigenvalue weighted by Gasteiger charge is -2.26. The summed E-state index contributed by atoms with van der Waals surface area (Å²) < 4.78 is 13.9. The van der Waals surface area contributed by atoms with Crippen LogP contribution >= 0.6 is 0 Å². The van der Waals surface area contributed by atoms with Crippen molar-refractivity contribution in [1.29, 1.82) is 0 Å². The first-order chi connectivity index (χ1) is 10.1. The summed E-state index contributed by atoms with van der Waals surface area (Å²) in [5.41, 5.74) is 6.37. The number of carbonyl (C=O) groups excluding carboxylic acids is 1. The Bertz CT molecular complexity index is 686. The van der Waals surface area contributed by atoms with Crippen molar-refractivity contribution in [1.82, 2.24) is 4.90 Å². The van der Waals surface area contributed by atoms with Gasteiger partial charge in [0.05, 0.1) is 0 Å². The normalized spacial score (nSPS) is 22.0. The molecule has 2 unspecified atom stereocenters. The topological polar surface area (TPSA) is 46.3 Å². The van der Waals surface area contributed by atoms with Gasteiger partial charge in [0.2, 0.25) is 0 Å². The molecule has 2 N–H and O–H groups in total. The zero-order valence-corrected chi connectivity index (χ0v) is 12.1. The van der Waals surface area contributed by atoms with Gasteiger partial charge in [0.1, 0.15) is 5.82 Å². The molecule has 1 fully saturated rings. The summed E-state index contributed by atoms with van der Waals surface area (Å²) in [5.74, 6) is 0.0592. The summed E-state index contributed by atoms with van der Waals surface area (Å²) in [5, 5.41) is 1.15. The van der Waals surface area contributed by atoms with E-state index in [4.69, 9.17) is 5.73 Å². The molecule has 21 heavy (non-hydrogen) atoms. The summed E-state index contributed by atoms with van der Waals surface area (Å²) in [6.07, 6.45) is 0.965. The van der Waals surface area contributed by atoms with Gasteiger partial charge in [-0.2, -0.15) is 0 Å². The molecular weight excluding hydrogens is 267 g/mol. The van der Waals surface area contributed by atoms with Crippen molar-refractivity contribution in [3.8, 4) is 0 Å². The third kappa shape index (κ3) is 2.29. The maximum atomic E-state index is 13.9. The van der Waals surface area contributed by atoms with Gasteiger partial charge in [0.25, 0.3) is 5.91 Å². The lowest BCUT2D eigenvalue weighted by Crippen LogP contribution is -2.42. The van der Waals surface area contributed by atoms with E-state index in [0.29, 0.717) is 35.3 Å². The van der Waals surface area contributed by atoms with E-state index in [1.165, 1.54) is 6.07 Å². The molecule has 2 atom stereocenters. The number of fused-ring (bicyclic) bond motifs is 1. The van der Waals surface area contributed by atoms with Gasteiger partial charge in [-0.25, -0.2) is 4.39 Å².